The van der Waals surface area contributed by atoms with Crippen LogP contribution in [0.25, 0.3) is 0 Å². The number of urea groups is 1. The number of rotatable bonds is 9. The van der Waals surface area contributed by atoms with Gasteiger partial charge in [-0.25, -0.2) is 14.8 Å². The minimum Gasteiger partial charge on any atom is -0.481 e. The first-order valence-electron chi connectivity index (χ1n) is 10.2. The van der Waals surface area contributed by atoms with Crippen molar-refractivity contribution in [1.29, 1.82) is 0 Å². The predicted molar refractivity (Wildman–Crippen MR) is 119 cm³/mol. The van der Waals surface area contributed by atoms with Crippen molar-refractivity contribution in [3.05, 3.63) is 60.7 Å². The number of unbranched alkanes of at least 4 members (excludes halogenated alkanes) is 1. The van der Waals surface area contributed by atoms with E-state index in [0.29, 0.717) is 6.42 Å². The Labute approximate surface area is 180 Å². The number of carboxylic acids is 1. The predicted octanol–water partition coefficient (Wildman–Crippen LogP) is 4.28. The van der Waals surface area contributed by atoms with Gasteiger partial charge in [0.15, 0.2) is 0 Å². The number of hydrogen-bond donors (Lipinski definition) is 3. The largest absolute Gasteiger partial charge is 0.481 e. The lowest BCUT2D eigenvalue weighted by atomic mass is 10.0. The van der Waals surface area contributed by atoms with Crippen molar-refractivity contribution in [2.45, 2.75) is 43.0 Å². The molecule has 2 heterocycles. The Morgan fingerprint density at radius 2 is 1.57 bits per heavy atom. The molecule has 0 spiro atoms. The van der Waals surface area contributed by atoms with Gasteiger partial charge in [-0.2, -0.15) is 11.8 Å². The summed E-state index contributed by atoms with van der Waals surface area (Å²) in [5.41, 5.74) is 8.35. The number of fused-ring (bicyclic) bond motifs is 1. The highest BCUT2D eigenvalue weighted by atomic mass is 32.2. The number of para-hydroxylation sites is 2. The molecule has 2 aliphatic rings. The summed E-state index contributed by atoms with van der Waals surface area (Å²) in [6.45, 7) is 0. The number of thioether (sulfide) groups is 1. The second kappa shape index (κ2) is 9.30. The van der Waals surface area contributed by atoms with Crippen LogP contribution in [0.5, 0.6) is 0 Å². The molecule has 8 heteroatoms. The van der Waals surface area contributed by atoms with Crippen LogP contribution in [-0.2, 0) is 4.79 Å². The Balaban J connectivity index is 1.51. The maximum absolute atomic E-state index is 13.3. The van der Waals surface area contributed by atoms with Gasteiger partial charge in [0, 0.05) is 17.4 Å². The number of hydrogen-bond acceptors (Lipinski definition) is 5. The highest BCUT2D eigenvalue weighted by molar-refractivity contribution is 8.00. The third-order valence-electron chi connectivity index (χ3n) is 5.47. The van der Waals surface area contributed by atoms with E-state index in [0.717, 1.165) is 30.0 Å². The number of amides is 2. The van der Waals surface area contributed by atoms with E-state index in [2.05, 4.69) is 10.9 Å². The molecular formula is C22H26N4O3S. The fourth-order valence-electron chi connectivity index (χ4n) is 4.05. The molecule has 2 aromatic carbocycles. The molecule has 0 aliphatic carbocycles. The van der Waals surface area contributed by atoms with Crippen molar-refractivity contribution >= 4 is 35.1 Å². The SMILES string of the molecule is O=C(O)CCCC[C@@H]1SC[C@H]2[C@@H]1N(Nc1ccccc1)C(=O)N2Nc1ccccc1. The molecule has 3 N–H and O–H groups in total. The lowest BCUT2D eigenvalue weighted by Gasteiger charge is -2.28. The normalized spacial score (nSPS) is 22.8. The van der Waals surface area contributed by atoms with E-state index in [-0.39, 0.29) is 29.8 Å². The van der Waals surface area contributed by atoms with Gasteiger partial charge in [0.25, 0.3) is 0 Å². The van der Waals surface area contributed by atoms with Crippen molar-refractivity contribution in [2.75, 3.05) is 16.6 Å². The van der Waals surface area contributed by atoms with Gasteiger partial charge in [0.1, 0.15) is 0 Å². The van der Waals surface area contributed by atoms with Gasteiger partial charge in [0.2, 0.25) is 0 Å². The quantitative estimate of drug-likeness (QED) is 0.410. The number of nitrogens with zero attached hydrogens (tertiary/aromatic N) is 2. The van der Waals surface area contributed by atoms with Crippen LogP contribution in [0.1, 0.15) is 25.7 Å². The molecule has 7 nitrogen and oxygen atoms in total. The molecule has 0 unspecified atom stereocenters. The number of carbonyl (C=O) groups is 2. The van der Waals surface area contributed by atoms with Crippen LogP contribution < -0.4 is 10.9 Å². The molecule has 0 radical (unpaired) electrons. The second-order valence-corrected chi connectivity index (χ2v) is 8.82. The Morgan fingerprint density at radius 3 is 2.17 bits per heavy atom. The van der Waals surface area contributed by atoms with E-state index < -0.39 is 5.97 Å². The van der Waals surface area contributed by atoms with Gasteiger partial charge in [-0.1, -0.05) is 42.8 Å². The summed E-state index contributed by atoms with van der Waals surface area (Å²) >= 11 is 1.86. The molecule has 2 aromatic rings. The minimum absolute atomic E-state index is 0.00347. The van der Waals surface area contributed by atoms with Crippen LogP contribution >= 0.6 is 11.8 Å². The molecule has 2 fully saturated rings. The molecule has 0 bridgehead atoms. The van der Waals surface area contributed by atoms with Crippen molar-refractivity contribution in [1.82, 2.24) is 10.0 Å². The van der Waals surface area contributed by atoms with Gasteiger partial charge < -0.3 is 5.11 Å². The van der Waals surface area contributed by atoms with Crippen molar-refractivity contribution in [3.8, 4) is 0 Å². The number of carbonyl (C=O) groups excluding carboxylic acids is 1. The number of aliphatic carboxylic acids is 1. The molecule has 2 saturated heterocycles. The Hall–Kier alpha value is -2.87. The van der Waals surface area contributed by atoms with Gasteiger partial charge >= 0.3 is 12.0 Å². The zero-order chi connectivity index (χ0) is 20.9. The van der Waals surface area contributed by atoms with Gasteiger partial charge in [-0.05, 0) is 37.1 Å². The van der Waals surface area contributed by atoms with Crippen LogP contribution in [0.4, 0.5) is 16.2 Å². The second-order valence-electron chi connectivity index (χ2n) is 7.55. The highest BCUT2D eigenvalue weighted by Gasteiger charge is 2.54. The average Bonchev–Trinajstić information content (AvgIpc) is 3.27. The lowest BCUT2D eigenvalue weighted by Crippen LogP contribution is -2.44. The Kier molecular flexibility index (Phi) is 6.32. The first-order valence-corrected chi connectivity index (χ1v) is 11.3. The molecular weight excluding hydrogens is 400 g/mol. The number of nitrogens with one attached hydrogen (secondary N) is 2. The van der Waals surface area contributed by atoms with E-state index in [1.165, 1.54) is 0 Å². The van der Waals surface area contributed by atoms with Crippen molar-refractivity contribution < 1.29 is 14.7 Å². The first kappa shape index (κ1) is 20.4. The lowest BCUT2D eigenvalue weighted by molar-refractivity contribution is -0.137. The third-order valence-corrected chi connectivity index (χ3v) is 6.95. The molecule has 0 aromatic heterocycles. The summed E-state index contributed by atoms with van der Waals surface area (Å²) in [5.74, 6) is 0.0842. The highest BCUT2D eigenvalue weighted by Crippen LogP contribution is 2.41. The third kappa shape index (κ3) is 4.48. The van der Waals surface area contributed by atoms with Crippen LogP contribution in [0.2, 0.25) is 0 Å². The molecule has 2 aliphatic heterocycles. The van der Waals surface area contributed by atoms with Gasteiger partial charge in [-0.3, -0.25) is 15.6 Å². The van der Waals surface area contributed by atoms with Crippen LogP contribution in [0.3, 0.4) is 0 Å². The van der Waals surface area contributed by atoms with Crippen molar-refractivity contribution in [3.63, 3.8) is 0 Å². The Bertz CT molecular complexity index is 867. The zero-order valence-corrected chi connectivity index (χ0v) is 17.4. The number of anilines is 2. The van der Waals surface area contributed by atoms with Gasteiger partial charge in [0.05, 0.1) is 23.5 Å². The smallest absolute Gasteiger partial charge is 0.358 e. The van der Waals surface area contributed by atoms with Crippen molar-refractivity contribution in [2.24, 2.45) is 0 Å². The fraction of sp³-hybridized carbons (Fsp3) is 0.364. The van der Waals surface area contributed by atoms with E-state index in [1.54, 1.807) is 10.0 Å². The summed E-state index contributed by atoms with van der Waals surface area (Å²) in [7, 11) is 0. The van der Waals surface area contributed by atoms with E-state index in [4.69, 9.17) is 5.11 Å². The van der Waals surface area contributed by atoms with E-state index in [1.807, 2.05) is 72.4 Å². The topological polar surface area (TPSA) is 84.9 Å². The fourth-order valence-corrected chi connectivity index (χ4v) is 5.67. The maximum atomic E-state index is 13.3. The number of carboxylic acid groups (broad SMARTS) is 1. The molecule has 30 heavy (non-hydrogen) atoms. The number of benzene rings is 2. The van der Waals surface area contributed by atoms with Crippen LogP contribution in [0.15, 0.2) is 60.7 Å². The molecule has 0 saturated carbocycles. The van der Waals surface area contributed by atoms with Gasteiger partial charge in [-0.15, -0.1) is 0 Å². The summed E-state index contributed by atoms with van der Waals surface area (Å²) in [4.78, 5) is 24.1. The molecule has 158 valence electrons. The number of hydrazine groups is 2. The zero-order valence-electron chi connectivity index (χ0n) is 16.6. The summed E-state index contributed by atoms with van der Waals surface area (Å²) in [6.07, 6.45) is 2.58. The summed E-state index contributed by atoms with van der Waals surface area (Å²) in [6, 6.07) is 19.4. The first-order chi connectivity index (χ1) is 14.6. The summed E-state index contributed by atoms with van der Waals surface area (Å²) in [5, 5.41) is 12.6. The van der Waals surface area contributed by atoms with Crippen LogP contribution in [-0.4, -0.2) is 50.2 Å². The standard InChI is InChI=1S/C22H26N4O3S/c27-20(28)14-8-7-13-19-21-18(15-30-19)25(23-16-9-3-1-4-10-16)22(29)26(21)24-17-11-5-2-6-12-17/h1-6,9-12,18-19,21,23-24H,7-8,13-15H2,(H,27,28)/t18-,19-,21-/m0/s1. The van der Waals surface area contributed by atoms with E-state index in [9.17, 15) is 9.59 Å². The minimum atomic E-state index is -0.756. The summed E-state index contributed by atoms with van der Waals surface area (Å²) < 4.78 is 0. The molecule has 4 rings (SSSR count). The average molecular weight is 427 g/mol. The van der Waals surface area contributed by atoms with Crippen LogP contribution in [0, 0.1) is 0 Å². The van der Waals surface area contributed by atoms with E-state index >= 15 is 0 Å². The molecule has 3 atom stereocenters. The Morgan fingerprint density at radius 1 is 0.967 bits per heavy atom. The maximum Gasteiger partial charge on any atom is 0.358 e. The molecule has 2 amide bonds. The monoisotopic (exact) mass is 426 g/mol.